The monoisotopic (exact) mass is 326 g/mol. The summed E-state index contributed by atoms with van der Waals surface area (Å²) in [5.74, 6) is -0.287. The van der Waals surface area contributed by atoms with Crippen molar-refractivity contribution in [3.8, 4) is 0 Å². The summed E-state index contributed by atoms with van der Waals surface area (Å²) in [5, 5.41) is 11.1. The summed E-state index contributed by atoms with van der Waals surface area (Å²) < 4.78 is 25.0. The van der Waals surface area contributed by atoms with Crippen molar-refractivity contribution >= 4 is 43.7 Å². The lowest BCUT2D eigenvalue weighted by Crippen LogP contribution is -2.00. The van der Waals surface area contributed by atoms with Gasteiger partial charge in [-0.15, -0.1) is 0 Å². The van der Waals surface area contributed by atoms with Crippen molar-refractivity contribution in [2.24, 2.45) is 0 Å². The van der Waals surface area contributed by atoms with E-state index in [9.17, 15) is 13.5 Å². The van der Waals surface area contributed by atoms with E-state index < -0.39 is 9.84 Å². The van der Waals surface area contributed by atoms with Gasteiger partial charge in [0.25, 0.3) is 0 Å². The molecule has 20 heavy (non-hydrogen) atoms. The van der Waals surface area contributed by atoms with Crippen LogP contribution in [0.4, 0.5) is 0 Å². The largest absolute Gasteiger partial charge is 0.506 e. The van der Waals surface area contributed by atoms with E-state index in [1.54, 1.807) is 24.3 Å². The molecule has 1 N–H and O–H groups in total. The third-order valence-electron chi connectivity index (χ3n) is 3.08. The van der Waals surface area contributed by atoms with Gasteiger partial charge < -0.3 is 5.11 Å². The Kier molecular flexibility index (Phi) is 3.05. The highest BCUT2D eigenvalue weighted by atomic mass is 35.5. The van der Waals surface area contributed by atoms with Crippen LogP contribution in [0, 0.1) is 0 Å². The van der Waals surface area contributed by atoms with Crippen LogP contribution < -0.4 is 0 Å². The third-order valence-corrected chi connectivity index (χ3v) is 5.47. The maximum Gasteiger partial charge on any atom is 0.211 e. The van der Waals surface area contributed by atoms with Crippen LogP contribution in [0.1, 0.15) is 11.1 Å². The Bertz CT molecular complexity index is 837. The zero-order chi connectivity index (χ0) is 14.5. The Morgan fingerprint density at radius 1 is 0.900 bits per heavy atom. The zero-order valence-electron chi connectivity index (χ0n) is 9.97. The Balaban J connectivity index is 2.29. The number of aliphatic hydroxyl groups excluding tert-OH is 1. The molecule has 1 heterocycles. The highest BCUT2D eigenvalue weighted by Gasteiger charge is 2.36. The normalized spacial score (nSPS) is 16.3. The highest BCUT2D eigenvalue weighted by Crippen LogP contribution is 2.43. The number of hydrogen-bond donors (Lipinski definition) is 1. The molecule has 1 aliphatic heterocycles. The van der Waals surface area contributed by atoms with Gasteiger partial charge in [-0.1, -0.05) is 35.3 Å². The van der Waals surface area contributed by atoms with Crippen LogP contribution in [0.25, 0.3) is 10.7 Å². The quantitative estimate of drug-likeness (QED) is 0.855. The fourth-order valence-electron chi connectivity index (χ4n) is 2.17. The minimum Gasteiger partial charge on any atom is -0.506 e. The number of benzene rings is 2. The van der Waals surface area contributed by atoms with E-state index in [0.717, 1.165) is 0 Å². The lowest BCUT2D eigenvalue weighted by atomic mass is 10.1. The van der Waals surface area contributed by atoms with Crippen molar-refractivity contribution in [3.05, 3.63) is 63.6 Å². The first-order valence-electron chi connectivity index (χ1n) is 5.65. The van der Waals surface area contributed by atoms with Gasteiger partial charge in [0.15, 0.2) is 0 Å². The van der Waals surface area contributed by atoms with Gasteiger partial charge in [-0.05, 0) is 35.9 Å². The van der Waals surface area contributed by atoms with Gasteiger partial charge in [-0.2, -0.15) is 0 Å². The van der Waals surface area contributed by atoms with E-state index in [0.29, 0.717) is 15.6 Å². The molecule has 0 saturated heterocycles. The summed E-state index contributed by atoms with van der Waals surface area (Å²) in [5.41, 5.74) is 0.613. The molecule has 0 fully saturated rings. The van der Waals surface area contributed by atoms with Gasteiger partial charge in [-0.25, -0.2) is 8.42 Å². The molecule has 0 aliphatic carbocycles. The lowest BCUT2D eigenvalue weighted by Gasteiger charge is -2.04. The molecule has 0 bridgehead atoms. The molecule has 2 aromatic rings. The minimum absolute atomic E-state index is 0.0596. The van der Waals surface area contributed by atoms with Crippen LogP contribution in [0.15, 0.2) is 47.4 Å². The van der Waals surface area contributed by atoms with Crippen LogP contribution >= 0.6 is 23.2 Å². The molecule has 0 aromatic heterocycles. The van der Waals surface area contributed by atoms with Crippen molar-refractivity contribution in [1.29, 1.82) is 0 Å². The van der Waals surface area contributed by atoms with Crippen LogP contribution in [-0.2, 0) is 9.84 Å². The molecule has 3 rings (SSSR count). The molecule has 3 nitrogen and oxygen atoms in total. The summed E-state index contributed by atoms with van der Waals surface area (Å²) >= 11 is 11.6. The molecule has 0 radical (unpaired) electrons. The van der Waals surface area contributed by atoms with Gasteiger partial charge >= 0.3 is 0 Å². The van der Waals surface area contributed by atoms with Gasteiger partial charge in [0.1, 0.15) is 10.7 Å². The topological polar surface area (TPSA) is 54.4 Å². The maximum atomic E-state index is 12.5. The highest BCUT2D eigenvalue weighted by molar-refractivity contribution is 8.01. The van der Waals surface area contributed by atoms with Gasteiger partial charge in [0.05, 0.1) is 4.90 Å². The standard InChI is InChI=1S/C14H8Cl2O3S/c15-9-3-1-8(2-4-9)14-13(17)11-7-10(16)5-6-12(11)20(14,18)19/h1-7,17H. The van der Waals surface area contributed by atoms with Gasteiger partial charge in [-0.3, -0.25) is 0 Å². The van der Waals surface area contributed by atoms with Crippen LogP contribution in [-0.4, -0.2) is 13.5 Å². The number of fused-ring (bicyclic) bond motifs is 1. The second-order valence-electron chi connectivity index (χ2n) is 4.33. The van der Waals surface area contributed by atoms with E-state index in [-0.39, 0.29) is 21.1 Å². The van der Waals surface area contributed by atoms with Crippen LogP contribution in [0.3, 0.4) is 0 Å². The van der Waals surface area contributed by atoms with Crippen LogP contribution in [0.5, 0.6) is 0 Å². The Morgan fingerprint density at radius 3 is 2.15 bits per heavy atom. The van der Waals surface area contributed by atoms with Crippen LogP contribution in [0.2, 0.25) is 10.0 Å². The van der Waals surface area contributed by atoms with Crippen molar-refractivity contribution in [3.63, 3.8) is 0 Å². The molecule has 0 unspecified atom stereocenters. The van der Waals surface area contributed by atoms with E-state index in [1.807, 2.05) is 0 Å². The molecule has 6 heteroatoms. The van der Waals surface area contributed by atoms with Crippen molar-refractivity contribution in [2.75, 3.05) is 0 Å². The summed E-state index contributed by atoms with van der Waals surface area (Å²) in [4.78, 5) is -0.0595. The first-order valence-corrected chi connectivity index (χ1v) is 7.89. The summed E-state index contributed by atoms with van der Waals surface area (Å²) in [6, 6.07) is 10.6. The summed E-state index contributed by atoms with van der Waals surface area (Å²) in [6.45, 7) is 0. The minimum atomic E-state index is -3.75. The molecule has 0 saturated carbocycles. The predicted octanol–water partition coefficient (Wildman–Crippen LogP) is 4.16. The first kappa shape index (κ1) is 13.5. The zero-order valence-corrected chi connectivity index (χ0v) is 12.3. The molecule has 1 aliphatic rings. The van der Waals surface area contributed by atoms with Gasteiger partial charge in [0, 0.05) is 15.6 Å². The molecule has 0 atom stereocenters. The smallest absolute Gasteiger partial charge is 0.211 e. The van der Waals surface area contributed by atoms with E-state index in [1.165, 1.54) is 18.2 Å². The fraction of sp³-hybridized carbons (Fsp3) is 0. The molecule has 0 amide bonds. The summed E-state index contributed by atoms with van der Waals surface area (Å²) in [6.07, 6.45) is 0. The second-order valence-corrected chi connectivity index (χ2v) is 7.06. The average molecular weight is 327 g/mol. The number of sulfone groups is 1. The Morgan fingerprint density at radius 2 is 1.50 bits per heavy atom. The maximum absolute atomic E-state index is 12.5. The molecule has 2 aromatic carbocycles. The molecular weight excluding hydrogens is 319 g/mol. The lowest BCUT2D eigenvalue weighted by molar-refractivity contribution is 0.514. The fourth-order valence-corrected chi connectivity index (χ4v) is 4.20. The number of rotatable bonds is 1. The van der Waals surface area contributed by atoms with Crippen molar-refractivity contribution in [2.45, 2.75) is 4.90 Å². The average Bonchev–Trinajstić information content (AvgIpc) is 2.58. The SMILES string of the molecule is O=S1(=O)C(c2ccc(Cl)cc2)=C(O)c2cc(Cl)ccc21. The number of hydrogen-bond acceptors (Lipinski definition) is 3. The molecular formula is C14H8Cl2O3S. The first-order chi connectivity index (χ1) is 9.41. The Labute approximate surface area is 126 Å². The Hall–Kier alpha value is -1.49. The molecule has 102 valence electrons. The van der Waals surface area contributed by atoms with Crippen molar-refractivity contribution < 1.29 is 13.5 Å². The second kappa shape index (κ2) is 4.52. The van der Waals surface area contributed by atoms with E-state index >= 15 is 0 Å². The number of halogens is 2. The van der Waals surface area contributed by atoms with E-state index in [4.69, 9.17) is 23.2 Å². The van der Waals surface area contributed by atoms with Crippen molar-refractivity contribution in [1.82, 2.24) is 0 Å². The molecule has 0 spiro atoms. The number of aliphatic hydroxyl groups is 1. The van der Waals surface area contributed by atoms with Gasteiger partial charge in [0.2, 0.25) is 9.84 Å². The third kappa shape index (κ3) is 1.92. The summed E-state index contributed by atoms with van der Waals surface area (Å²) in [7, 11) is -3.75. The van der Waals surface area contributed by atoms with E-state index in [2.05, 4.69) is 0 Å². The predicted molar refractivity (Wildman–Crippen MR) is 79.5 cm³/mol.